The predicted molar refractivity (Wildman–Crippen MR) is 54.5 cm³/mol. The molecule has 0 saturated heterocycles. The molecule has 4 heteroatoms. The lowest BCUT2D eigenvalue weighted by Crippen LogP contribution is -2.18. The number of nitrogens with two attached hydrogens (primary N) is 1. The molecule has 0 heterocycles. The molecule has 2 rings (SSSR count). The average molecular weight is 204 g/mol. The Morgan fingerprint density at radius 3 is 2.67 bits per heavy atom. The van der Waals surface area contributed by atoms with E-state index in [2.05, 4.69) is 0 Å². The molecule has 3 N–H and O–H groups in total. The largest absolute Gasteiger partial charge is 0.503 e. The Morgan fingerprint density at radius 2 is 2.20 bits per heavy atom. The van der Waals surface area contributed by atoms with Crippen LogP contribution in [0.1, 0.15) is 24.0 Å². The standard InChI is InChI=1S/C11H12N2O2/c1-15-9-5-8(11(13)2-3-11)4-7(6-12)10(9)14/h4-5,14H,2-3,13H2,1H3. The molecule has 0 aliphatic heterocycles. The van der Waals surface area contributed by atoms with Gasteiger partial charge in [0.1, 0.15) is 6.07 Å². The molecule has 1 saturated carbocycles. The Kier molecular flexibility index (Phi) is 2.06. The second-order valence-electron chi connectivity index (χ2n) is 3.84. The number of nitriles is 1. The summed E-state index contributed by atoms with van der Waals surface area (Å²) in [5, 5.41) is 18.5. The Balaban J connectivity index is 2.55. The highest BCUT2D eigenvalue weighted by molar-refractivity contribution is 5.55. The van der Waals surface area contributed by atoms with Crippen LogP contribution in [0.25, 0.3) is 0 Å². The van der Waals surface area contributed by atoms with Gasteiger partial charge in [-0.1, -0.05) is 0 Å². The number of ether oxygens (including phenoxy) is 1. The molecule has 1 aliphatic carbocycles. The van der Waals surface area contributed by atoms with Gasteiger partial charge in [-0.3, -0.25) is 0 Å². The zero-order valence-corrected chi connectivity index (χ0v) is 8.45. The van der Waals surface area contributed by atoms with Crippen LogP contribution in [0, 0.1) is 11.3 Å². The van der Waals surface area contributed by atoms with E-state index < -0.39 is 0 Å². The Labute approximate surface area is 87.9 Å². The number of phenols is 1. The molecular formula is C11H12N2O2. The van der Waals surface area contributed by atoms with Crippen LogP contribution in [0.5, 0.6) is 11.5 Å². The first-order chi connectivity index (χ1) is 7.10. The molecule has 0 bridgehead atoms. The number of methoxy groups -OCH3 is 1. The molecular weight excluding hydrogens is 192 g/mol. The van der Waals surface area contributed by atoms with Gasteiger partial charge in [0.25, 0.3) is 0 Å². The summed E-state index contributed by atoms with van der Waals surface area (Å²) in [7, 11) is 1.45. The highest BCUT2D eigenvalue weighted by Gasteiger charge is 2.40. The number of aromatic hydroxyl groups is 1. The fraction of sp³-hybridized carbons (Fsp3) is 0.364. The maximum Gasteiger partial charge on any atom is 0.175 e. The van der Waals surface area contributed by atoms with Gasteiger partial charge in [0.15, 0.2) is 11.5 Å². The third-order valence-electron chi connectivity index (χ3n) is 2.78. The molecule has 1 aromatic rings. The Morgan fingerprint density at radius 1 is 1.53 bits per heavy atom. The maximum absolute atomic E-state index is 9.61. The van der Waals surface area contributed by atoms with Gasteiger partial charge in [-0.15, -0.1) is 0 Å². The molecule has 0 atom stereocenters. The van der Waals surface area contributed by atoms with E-state index in [4.69, 9.17) is 15.7 Å². The lowest BCUT2D eigenvalue weighted by molar-refractivity contribution is 0.371. The van der Waals surface area contributed by atoms with Crippen molar-refractivity contribution in [3.05, 3.63) is 23.3 Å². The van der Waals surface area contributed by atoms with Gasteiger partial charge in [0, 0.05) is 5.54 Å². The molecule has 15 heavy (non-hydrogen) atoms. The van der Waals surface area contributed by atoms with Crippen molar-refractivity contribution < 1.29 is 9.84 Å². The SMILES string of the molecule is COc1cc(C2(N)CC2)cc(C#N)c1O. The average Bonchev–Trinajstić information content (AvgIpc) is 2.98. The van der Waals surface area contributed by atoms with Crippen molar-refractivity contribution in [3.63, 3.8) is 0 Å². The van der Waals surface area contributed by atoms with E-state index in [1.165, 1.54) is 7.11 Å². The summed E-state index contributed by atoms with van der Waals surface area (Å²) in [6.07, 6.45) is 1.82. The predicted octanol–water partition coefficient (Wildman–Crippen LogP) is 1.22. The monoisotopic (exact) mass is 204 g/mol. The van der Waals surface area contributed by atoms with Crippen LogP contribution in [0.4, 0.5) is 0 Å². The maximum atomic E-state index is 9.61. The van der Waals surface area contributed by atoms with Crippen molar-refractivity contribution in [1.82, 2.24) is 0 Å². The Bertz CT molecular complexity index is 445. The molecule has 0 spiro atoms. The van der Waals surface area contributed by atoms with Gasteiger partial charge < -0.3 is 15.6 Å². The van der Waals surface area contributed by atoms with Crippen LogP contribution in [-0.2, 0) is 5.54 Å². The van der Waals surface area contributed by atoms with Gasteiger partial charge in [0.2, 0.25) is 0 Å². The van der Waals surface area contributed by atoms with Gasteiger partial charge in [-0.05, 0) is 30.5 Å². The fourth-order valence-electron chi connectivity index (χ4n) is 1.56. The molecule has 0 aromatic heterocycles. The van der Waals surface area contributed by atoms with E-state index in [1.54, 1.807) is 12.1 Å². The minimum Gasteiger partial charge on any atom is -0.503 e. The van der Waals surface area contributed by atoms with Crippen molar-refractivity contribution in [2.75, 3.05) is 7.11 Å². The second-order valence-corrected chi connectivity index (χ2v) is 3.84. The molecule has 0 radical (unpaired) electrons. The zero-order chi connectivity index (χ0) is 11.1. The third kappa shape index (κ3) is 1.51. The van der Waals surface area contributed by atoms with Crippen LogP contribution >= 0.6 is 0 Å². The van der Waals surface area contributed by atoms with Crippen LogP contribution in [0.2, 0.25) is 0 Å². The number of hydrogen-bond acceptors (Lipinski definition) is 4. The lowest BCUT2D eigenvalue weighted by atomic mass is 10.0. The quantitative estimate of drug-likeness (QED) is 0.759. The van der Waals surface area contributed by atoms with E-state index in [1.807, 2.05) is 6.07 Å². The van der Waals surface area contributed by atoms with Crippen molar-refractivity contribution >= 4 is 0 Å². The first-order valence-electron chi connectivity index (χ1n) is 4.71. The van der Waals surface area contributed by atoms with Crippen LogP contribution in [0.3, 0.4) is 0 Å². The number of rotatable bonds is 2. The highest BCUT2D eigenvalue weighted by atomic mass is 16.5. The minimum atomic E-state index is -0.327. The molecule has 1 fully saturated rings. The summed E-state index contributed by atoms with van der Waals surface area (Å²) in [6, 6.07) is 5.25. The van der Waals surface area contributed by atoms with Crippen molar-refractivity contribution in [2.45, 2.75) is 18.4 Å². The summed E-state index contributed by atoms with van der Waals surface area (Å²) < 4.78 is 4.99. The van der Waals surface area contributed by atoms with Crippen LogP contribution in [0.15, 0.2) is 12.1 Å². The molecule has 1 aliphatic rings. The van der Waals surface area contributed by atoms with Gasteiger partial charge >= 0.3 is 0 Å². The van der Waals surface area contributed by atoms with Crippen LogP contribution in [-0.4, -0.2) is 12.2 Å². The summed E-state index contributed by atoms with van der Waals surface area (Å²) in [4.78, 5) is 0. The summed E-state index contributed by atoms with van der Waals surface area (Å²) in [5.74, 6) is 0.189. The normalized spacial score (nSPS) is 16.9. The van der Waals surface area contributed by atoms with Gasteiger partial charge in [-0.25, -0.2) is 0 Å². The minimum absolute atomic E-state index is 0.118. The fourth-order valence-corrected chi connectivity index (χ4v) is 1.56. The molecule has 0 amide bonds. The number of nitrogens with zero attached hydrogens (tertiary/aromatic N) is 1. The zero-order valence-electron chi connectivity index (χ0n) is 8.45. The lowest BCUT2D eigenvalue weighted by Gasteiger charge is -2.12. The van der Waals surface area contributed by atoms with Gasteiger partial charge in [-0.2, -0.15) is 5.26 Å². The first kappa shape index (κ1) is 9.81. The van der Waals surface area contributed by atoms with Crippen molar-refractivity contribution in [2.24, 2.45) is 5.73 Å². The number of hydrogen-bond donors (Lipinski definition) is 2. The molecule has 1 aromatic carbocycles. The summed E-state index contributed by atoms with van der Waals surface area (Å²) >= 11 is 0. The van der Waals surface area contributed by atoms with E-state index in [0.717, 1.165) is 18.4 Å². The van der Waals surface area contributed by atoms with E-state index in [-0.39, 0.29) is 16.9 Å². The topological polar surface area (TPSA) is 79.3 Å². The summed E-state index contributed by atoms with van der Waals surface area (Å²) in [6.45, 7) is 0. The van der Waals surface area contributed by atoms with Gasteiger partial charge in [0.05, 0.1) is 12.7 Å². The highest BCUT2D eigenvalue weighted by Crippen LogP contribution is 2.45. The van der Waals surface area contributed by atoms with Crippen molar-refractivity contribution in [3.8, 4) is 17.6 Å². The smallest absolute Gasteiger partial charge is 0.175 e. The third-order valence-corrected chi connectivity index (χ3v) is 2.78. The molecule has 0 unspecified atom stereocenters. The second kappa shape index (κ2) is 3.14. The molecule has 78 valence electrons. The Hall–Kier alpha value is -1.73. The molecule has 4 nitrogen and oxygen atoms in total. The first-order valence-corrected chi connectivity index (χ1v) is 4.71. The van der Waals surface area contributed by atoms with Crippen LogP contribution < -0.4 is 10.5 Å². The number of phenolic OH excluding ortho intramolecular Hbond substituents is 1. The van der Waals surface area contributed by atoms with E-state index in [0.29, 0.717) is 5.75 Å². The van der Waals surface area contributed by atoms with Crippen molar-refractivity contribution in [1.29, 1.82) is 5.26 Å². The van der Waals surface area contributed by atoms with E-state index in [9.17, 15) is 5.11 Å². The summed E-state index contributed by atoms with van der Waals surface area (Å²) in [5.41, 5.74) is 6.76. The number of benzene rings is 1. The van der Waals surface area contributed by atoms with E-state index >= 15 is 0 Å².